The minimum absolute atomic E-state index is 0.779. The van der Waals surface area contributed by atoms with E-state index in [-0.39, 0.29) is 0 Å². The Bertz CT molecular complexity index is 140. The number of hydrogen-bond donors (Lipinski definition) is 1. The maximum atomic E-state index is 4.12. The molecule has 64 valence electrons. The van der Waals surface area contributed by atoms with Gasteiger partial charge >= 0.3 is 0 Å². The van der Waals surface area contributed by atoms with Crippen molar-refractivity contribution in [2.24, 2.45) is 11.8 Å². The fourth-order valence-corrected chi connectivity index (χ4v) is 1.88. The van der Waals surface area contributed by atoms with E-state index in [1.165, 1.54) is 25.1 Å². The van der Waals surface area contributed by atoms with Crippen molar-refractivity contribution in [3.8, 4) is 0 Å². The van der Waals surface area contributed by atoms with Crippen LogP contribution in [0, 0.1) is 11.8 Å². The van der Waals surface area contributed by atoms with E-state index in [2.05, 4.69) is 25.7 Å². The van der Waals surface area contributed by atoms with Gasteiger partial charge in [0.2, 0.25) is 0 Å². The molecule has 1 fully saturated rings. The zero-order chi connectivity index (χ0) is 8.27. The molecule has 1 heterocycles. The average Bonchev–Trinajstić information content (AvgIpc) is 2.04. The Labute approximate surface area is 69.9 Å². The van der Waals surface area contributed by atoms with Gasteiger partial charge in [-0.05, 0) is 37.8 Å². The Morgan fingerprint density at radius 2 is 2.36 bits per heavy atom. The van der Waals surface area contributed by atoms with Crippen LogP contribution in [0.1, 0.15) is 26.7 Å². The highest BCUT2D eigenvalue weighted by Gasteiger charge is 2.21. The molecule has 1 saturated heterocycles. The normalized spacial score (nSPS) is 31.8. The largest absolute Gasteiger partial charge is 0.316 e. The van der Waals surface area contributed by atoms with E-state index in [9.17, 15) is 0 Å². The molecule has 0 aromatic carbocycles. The molecule has 1 nitrogen and oxygen atoms in total. The van der Waals surface area contributed by atoms with E-state index in [4.69, 9.17) is 0 Å². The van der Waals surface area contributed by atoms with E-state index < -0.39 is 0 Å². The van der Waals surface area contributed by atoms with Crippen molar-refractivity contribution >= 4 is 0 Å². The van der Waals surface area contributed by atoms with Crippen LogP contribution in [0.3, 0.4) is 0 Å². The molecule has 1 aliphatic rings. The predicted molar refractivity (Wildman–Crippen MR) is 49.6 cm³/mol. The molecule has 0 bridgehead atoms. The number of piperidine rings is 1. The van der Waals surface area contributed by atoms with Crippen LogP contribution in [0.4, 0.5) is 0 Å². The van der Waals surface area contributed by atoms with Gasteiger partial charge in [-0.25, -0.2) is 0 Å². The molecule has 0 aromatic rings. The molecule has 0 radical (unpaired) electrons. The Balaban J connectivity index is 2.47. The molecular formula is C10H19N. The minimum atomic E-state index is 0.779. The first-order chi connectivity index (χ1) is 5.25. The lowest BCUT2D eigenvalue weighted by Crippen LogP contribution is -2.35. The van der Waals surface area contributed by atoms with Crippen LogP contribution in [-0.4, -0.2) is 13.1 Å². The number of allylic oxidation sites excluding steroid dienone is 1. The van der Waals surface area contributed by atoms with Crippen LogP contribution in [0.25, 0.3) is 0 Å². The lowest BCUT2D eigenvalue weighted by molar-refractivity contribution is 0.308. The Hall–Kier alpha value is -0.300. The van der Waals surface area contributed by atoms with E-state index in [1.807, 2.05) is 0 Å². The van der Waals surface area contributed by atoms with Crippen molar-refractivity contribution in [3.05, 3.63) is 12.2 Å². The average molecular weight is 153 g/mol. The second-order valence-corrected chi connectivity index (χ2v) is 3.59. The quantitative estimate of drug-likeness (QED) is 0.600. The van der Waals surface area contributed by atoms with E-state index in [0.29, 0.717) is 0 Å². The van der Waals surface area contributed by atoms with Crippen molar-refractivity contribution in [3.63, 3.8) is 0 Å². The highest BCUT2D eigenvalue weighted by Crippen LogP contribution is 2.26. The van der Waals surface area contributed by atoms with Gasteiger partial charge in [-0.3, -0.25) is 0 Å². The van der Waals surface area contributed by atoms with Crippen LogP contribution < -0.4 is 5.32 Å². The summed E-state index contributed by atoms with van der Waals surface area (Å²) in [6.07, 6.45) is 2.43. The molecule has 1 heteroatoms. The summed E-state index contributed by atoms with van der Waals surface area (Å²) in [6.45, 7) is 11.0. The third-order valence-electron chi connectivity index (χ3n) is 2.76. The predicted octanol–water partition coefficient (Wildman–Crippen LogP) is 2.20. The maximum Gasteiger partial charge on any atom is -0.00174 e. The standard InChI is InChI=1S/C10H19N/c1-4-8(2)10-5-6-11-7-9(10)3/h9-11H,2,4-7H2,1,3H3/t9-,10-/m1/s1. The van der Waals surface area contributed by atoms with Crippen LogP contribution >= 0.6 is 0 Å². The minimum Gasteiger partial charge on any atom is -0.316 e. The molecule has 1 N–H and O–H groups in total. The highest BCUT2D eigenvalue weighted by atomic mass is 14.9. The summed E-state index contributed by atoms with van der Waals surface area (Å²) in [5.41, 5.74) is 1.44. The summed E-state index contributed by atoms with van der Waals surface area (Å²) >= 11 is 0. The van der Waals surface area contributed by atoms with Crippen LogP contribution in [0.2, 0.25) is 0 Å². The lowest BCUT2D eigenvalue weighted by atomic mass is 9.82. The molecule has 1 aliphatic heterocycles. The molecular weight excluding hydrogens is 134 g/mol. The van der Waals surface area contributed by atoms with Crippen molar-refractivity contribution in [1.82, 2.24) is 5.32 Å². The summed E-state index contributed by atoms with van der Waals surface area (Å²) in [5.74, 6) is 1.57. The second kappa shape index (κ2) is 3.91. The third-order valence-corrected chi connectivity index (χ3v) is 2.76. The van der Waals surface area contributed by atoms with E-state index in [0.717, 1.165) is 18.3 Å². The lowest BCUT2D eigenvalue weighted by Gasteiger charge is -2.30. The molecule has 0 saturated carbocycles. The molecule has 0 amide bonds. The fourth-order valence-electron chi connectivity index (χ4n) is 1.88. The summed E-state index contributed by atoms with van der Waals surface area (Å²) in [5, 5.41) is 3.40. The van der Waals surface area contributed by atoms with Gasteiger partial charge in [-0.15, -0.1) is 0 Å². The molecule has 0 unspecified atom stereocenters. The van der Waals surface area contributed by atoms with Gasteiger partial charge in [-0.1, -0.05) is 26.0 Å². The molecule has 2 atom stereocenters. The van der Waals surface area contributed by atoms with Gasteiger partial charge in [0.05, 0.1) is 0 Å². The highest BCUT2D eigenvalue weighted by molar-refractivity contribution is 5.03. The van der Waals surface area contributed by atoms with Crippen molar-refractivity contribution in [2.45, 2.75) is 26.7 Å². The first kappa shape index (κ1) is 8.79. The monoisotopic (exact) mass is 153 g/mol. The molecule has 0 spiro atoms. The van der Waals surface area contributed by atoms with Crippen molar-refractivity contribution < 1.29 is 0 Å². The van der Waals surface area contributed by atoms with Gasteiger partial charge in [0.15, 0.2) is 0 Å². The molecule has 1 rings (SSSR count). The van der Waals surface area contributed by atoms with Crippen LogP contribution in [-0.2, 0) is 0 Å². The first-order valence-electron chi connectivity index (χ1n) is 4.64. The van der Waals surface area contributed by atoms with E-state index >= 15 is 0 Å². The first-order valence-corrected chi connectivity index (χ1v) is 4.64. The Morgan fingerprint density at radius 3 is 2.91 bits per heavy atom. The van der Waals surface area contributed by atoms with Gasteiger partial charge in [-0.2, -0.15) is 0 Å². The van der Waals surface area contributed by atoms with Gasteiger partial charge < -0.3 is 5.32 Å². The number of rotatable bonds is 2. The second-order valence-electron chi connectivity index (χ2n) is 3.59. The summed E-state index contributed by atoms with van der Waals surface area (Å²) < 4.78 is 0. The Morgan fingerprint density at radius 1 is 1.64 bits per heavy atom. The topological polar surface area (TPSA) is 12.0 Å². The van der Waals surface area contributed by atoms with Crippen LogP contribution in [0.5, 0.6) is 0 Å². The zero-order valence-electron chi connectivity index (χ0n) is 7.69. The fraction of sp³-hybridized carbons (Fsp3) is 0.800. The van der Waals surface area contributed by atoms with Crippen LogP contribution in [0.15, 0.2) is 12.2 Å². The Kier molecular flexibility index (Phi) is 3.13. The van der Waals surface area contributed by atoms with E-state index in [1.54, 1.807) is 0 Å². The summed E-state index contributed by atoms with van der Waals surface area (Å²) in [7, 11) is 0. The molecule has 11 heavy (non-hydrogen) atoms. The third kappa shape index (κ3) is 2.06. The van der Waals surface area contributed by atoms with Gasteiger partial charge in [0, 0.05) is 0 Å². The maximum absolute atomic E-state index is 4.12. The SMILES string of the molecule is C=C(CC)[C@H]1CCNC[C@H]1C. The van der Waals surface area contributed by atoms with Crippen molar-refractivity contribution in [1.29, 1.82) is 0 Å². The van der Waals surface area contributed by atoms with Gasteiger partial charge in [0.1, 0.15) is 0 Å². The number of hydrogen-bond acceptors (Lipinski definition) is 1. The smallest absolute Gasteiger partial charge is 0.00174 e. The van der Waals surface area contributed by atoms with Crippen molar-refractivity contribution in [2.75, 3.05) is 13.1 Å². The summed E-state index contributed by atoms with van der Waals surface area (Å²) in [6, 6.07) is 0. The number of nitrogens with one attached hydrogen (secondary N) is 1. The zero-order valence-corrected chi connectivity index (χ0v) is 7.69. The molecule has 0 aliphatic carbocycles. The van der Waals surface area contributed by atoms with Gasteiger partial charge in [0.25, 0.3) is 0 Å². The molecule has 0 aromatic heterocycles. The summed E-state index contributed by atoms with van der Waals surface area (Å²) in [4.78, 5) is 0.